The van der Waals surface area contributed by atoms with Crippen LogP contribution in [-0.2, 0) is 12.4 Å². The first-order chi connectivity index (χ1) is 17.1. The van der Waals surface area contributed by atoms with Crippen LogP contribution < -0.4 is 0 Å². The summed E-state index contributed by atoms with van der Waals surface area (Å²) in [5, 5.41) is 6.17. The van der Waals surface area contributed by atoms with Crippen LogP contribution in [0.3, 0.4) is 0 Å². The van der Waals surface area contributed by atoms with E-state index in [-0.39, 0.29) is 0 Å². The fourth-order valence-corrected chi connectivity index (χ4v) is 8.95. The van der Waals surface area contributed by atoms with Crippen LogP contribution in [0.25, 0.3) is 50.8 Å². The summed E-state index contributed by atoms with van der Waals surface area (Å²) in [6.45, 7) is 0. The monoisotopic (exact) mass is 566 g/mol. The molecular weight excluding hydrogens is 555 g/mol. The van der Waals surface area contributed by atoms with E-state index < -0.39 is 23.5 Å². The van der Waals surface area contributed by atoms with Gasteiger partial charge in [-0.3, -0.25) is 0 Å². The zero-order chi connectivity index (χ0) is 25.2. The van der Waals surface area contributed by atoms with Gasteiger partial charge in [-0.15, -0.1) is 45.3 Å². The van der Waals surface area contributed by atoms with Gasteiger partial charge in [0.2, 0.25) is 0 Å². The molecule has 182 valence electrons. The van der Waals surface area contributed by atoms with Crippen LogP contribution in [0.5, 0.6) is 0 Å². The van der Waals surface area contributed by atoms with E-state index in [1.54, 1.807) is 45.3 Å². The van der Waals surface area contributed by atoms with Crippen LogP contribution >= 0.6 is 45.3 Å². The zero-order valence-electron chi connectivity index (χ0n) is 17.8. The minimum Gasteiger partial charge on any atom is -0.166 e. The number of hydrogen-bond donors (Lipinski definition) is 0. The van der Waals surface area contributed by atoms with E-state index in [9.17, 15) is 26.3 Å². The predicted octanol–water partition coefficient (Wildman–Crippen LogP) is 11.3. The van der Waals surface area contributed by atoms with E-state index in [1.807, 2.05) is 22.9 Å². The topological polar surface area (TPSA) is 0 Å². The summed E-state index contributed by atoms with van der Waals surface area (Å²) in [7, 11) is 0. The van der Waals surface area contributed by atoms with Crippen molar-refractivity contribution in [3.05, 3.63) is 82.6 Å². The van der Waals surface area contributed by atoms with Crippen LogP contribution in [-0.4, -0.2) is 0 Å². The Morgan fingerprint density at radius 3 is 1.19 bits per heavy atom. The summed E-state index contributed by atoms with van der Waals surface area (Å²) < 4.78 is 79.6. The molecule has 0 atom stereocenters. The molecule has 0 aliphatic rings. The third-order valence-corrected chi connectivity index (χ3v) is 10.6. The van der Waals surface area contributed by atoms with Gasteiger partial charge in [-0.1, -0.05) is 24.3 Å². The van der Waals surface area contributed by atoms with Crippen LogP contribution in [0.1, 0.15) is 11.1 Å². The molecule has 0 nitrogen and oxygen atoms in total. The van der Waals surface area contributed by atoms with E-state index in [0.717, 1.165) is 75.1 Å². The number of hydrogen-bond acceptors (Lipinski definition) is 4. The van der Waals surface area contributed by atoms with E-state index in [1.165, 1.54) is 24.3 Å². The van der Waals surface area contributed by atoms with Gasteiger partial charge in [0.15, 0.2) is 0 Å². The molecule has 0 aliphatic carbocycles. The molecular formula is C26H12F6S4. The van der Waals surface area contributed by atoms with E-state index in [2.05, 4.69) is 0 Å². The maximum absolute atomic E-state index is 12.9. The van der Waals surface area contributed by atoms with Gasteiger partial charge in [0.1, 0.15) is 0 Å². The lowest BCUT2D eigenvalue weighted by Gasteiger charge is -2.06. The number of halogens is 6. The Kier molecular flexibility index (Phi) is 5.56. The smallest absolute Gasteiger partial charge is 0.166 e. The molecule has 36 heavy (non-hydrogen) atoms. The lowest BCUT2D eigenvalue weighted by atomic mass is 10.1. The highest BCUT2D eigenvalue weighted by Crippen LogP contribution is 2.50. The minimum atomic E-state index is -4.37. The van der Waals surface area contributed by atoms with Gasteiger partial charge in [0, 0.05) is 31.3 Å². The summed E-state index contributed by atoms with van der Waals surface area (Å²) in [5.74, 6) is 0. The third-order valence-electron chi connectivity index (χ3n) is 5.74. The first-order valence-corrected chi connectivity index (χ1v) is 13.8. The largest absolute Gasteiger partial charge is 0.416 e. The van der Waals surface area contributed by atoms with Gasteiger partial charge in [-0.05, 0) is 47.5 Å². The molecule has 6 rings (SSSR count). The molecule has 0 saturated carbocycles. The average molecular weight is 567 g/mol. The average Bonchev–Trinajstić information content (AvgIpc) is 3.59. The van der Waals surface area contributed by atoms with Gasteiger partial charge in [-0.2, -0.15) is 26.3 Å². The van der Waals surface area contributed by atoms with Gasteiger partial charge in [-0.25, -0.2) is 0 Å². The Hall–Kier alpha value is -2.66. The molecule has 0 aliphatic heterocycles. The molecule has 0 amide bonds. The first kappa shape index (κ1) is 23.7. The molecule has 0 spiro atoms. The maximum Gasteiger partial charge on any atom is 0.416 e. The summed E-state index contributed by atoms with van der Waals surface area (Å²) in [4.78, 5) is 3.97. The number of thiophene rings is 4. The lowest BCUT2D eigenvalue weighted by Crippen LogP contribution is -2.03. The maximum atomic E-state index is 12.9. The quantitative estimate of drug-likeness (QED) is 0.187. The Bertz CT molecular complexity index is 1560. The van der Waals surface area contributed by atoms with Crippen molar-refractivity contribution < 1.29 is 26.3 Å². The molecule has 0 unspecified atom stereocenters. The van der Waals surface area contributed by atoms with Crippen LogP contribution in [0, 0.1) is 0 Å². The number of fused-ring (bicyclic) bond motifs is 2. The van der Waals surface area contributed by atoms with Crippen molar-refractivity contribution in [2.75, 3.05) is 0 Å². The molecule has 0 saturated heterocycles. The molecule has 10 heteroatoms. The first-order valence-electron chi connectivity index (χ1n) is 10.5. The Morgan fingerprint density at radius 1 is 0.500 bits per heavy atom. The van der Waals surface area contributed by atoms with Crippen LogP contribution in [0.2, 0.25) is 0 Å². The summed E-state index contributed by atoms with van der Waals surface area (Å²) >= 11 is 6.32. The van der Waals surface area contributed by atoms with E-state index in [4.69, 9.17) is 0 Å². The van der Waals surface area contributed by atoms with Crippen molar-refractivity contribution >= 4 is 65.5 Å². The Labute approximate surface area is 216 Å². The Balaban J connectivity index is 1.36. The second-order valence-corrected chi connectivity index (χ2v) is 11.9. The van der Waals surface area contributed by atoms with Gasteiger partial charge >= 0.3 is 12.4 Å². The predicted molar refractivity (Wildman–Crippen MR) is 139 cm³/mol. The summed E-state index contributed by atoms with van der Waals surface area (Å²) in [6, 6.07) is 14.4. The molecule has 2 aromatic carbocycles. The molecule has 4 heterocycles. The van der Waals surface area contributed by atoms with Crippen molar-refractivity contribution in [2.45, 2.75) is 12.4 Å². The molecule has 0 radical (unpaired) electrons. The molecule has 6 aromatic rings. The van der Waals surface area contributed by atoms with Crippen molar-refractivity contribution in [3.8, 4) is 30.6 Å². The van der Waals surface area contributed by atoms with Crippen LogP contribution in [0.4, 0.5) is 26.3 Å². The Morgan fingerprint density at radius 2 is 0.861 bits per heavy atom. The third kappa shape index (κ3) is 4.15. The normalized spacial score (nSPS) is 12.7. The molecule has 0 fully saturated rings. The lowest BCUT2D eigenvalue weighted by molar-refractivity contribution is -0.138. The SMILES string of the molecule is FC(F)(F)c1ccc(-c2cc3csc(-c4scc5cc(-c6ccc(C(F)(F)F)cc6)sc45)c3s2)cc1. The standard InChI is InChI=1S/C26H12F6S4/c27-25(28,29)17-5-1-13(2-6-17)19-9-15-11-33-23(21(15)35-19)24-22-16(12-34-24)10-20(36-22)14-3-7-18(8-4-14)26(30,31)32/h1-12H. The zero-order valence-corrected chi connectivity index (χ0v) is 21.1. The fraction of sp³-hybridized carbons (Fsp3) is 0.0769. The van der Waals surface area contributed by atoms with E-state index >= 15 is 0 Å². The summed E-state index contributed by atoms with van der Waals surface area (Å²) in [5.41, 5.74) is 0.119. The fourth-order valence-electron chi connectivity index (χ4n) is 3.94. The van der Waals surface area contributed by atoms with Crippen molar-refractivity contribution in [3.63, 3.8) is 0 Å². The summed E-state index contributed by atoms with van der Waals surface area (Å²) in [6.07, 6.45) is -8.74. The van der Waals surface area contributed by atoms with Gasteiger partial charge < -0.3 is 0 Å². The van der Waals surface area contributed by atoms with E-state index in [0.29, 0.717) is 0 Å². The highest BCUT2D eigenvalue weighted by atomic mass is 32.1. The number of benzene rings is 2. The molecule has 0 N–H and O–H groups in total. The number of rotatable bonds is 3. The minimum absolute atomic E-state index is 0.674. The second kappa shape index (κ2) is 8.44. The van der Waals surface area contributed by atoms with Gasteiger partial charge in [0.05, 0.1) is 30.3 Å². The van der Waals surface area contributed by atoms with Crippen molar-refractivity contribution in [2.24, 2.45) is 0 Å². The van der Waals surface area contributed by atoms with Crippen LogP contribution in [0.15, 0.2) is 71.4 Å². The van der Waals surface area contributed by atoms with Gasteiger partial charge in [0.25, 0.3) is 0 Å². The highest BCUT2D eigenvalue weighted by Gasteiger charge is 2.31. The number of alkyl halides is 6. The second-order valence-electron chi connectivity index (χ2n) is 8.07. The van der Waals surface area contributed by atoms with Crippen molar-refractivity contribution in [1.82, 2.24) is 0 Å². The van der Waals surface area contributed by atoms with Crippen molar-refractivity contribution in [1.29, 1.82) is 0 Å². The molecule has 0 bridgehead atoms. The highest BCUT2D eigenvalue weighted by molar-refractivity contribution is 7.32. The molecule has 4 aromatic heterocycles.